The van der Waals surface area contributed by atoms with Crippen LogP contribution in [0.5, 0.6) is 0 Å². The highest BCUT2D eigenvalue weighted by Crippen LogP contribution is 2.20. The molecule has 2 rings (SSSR count). The minimum Gasteiger partial charge on any atom is -0.449 e. The van der Waals surface area contributed by atoms with Crippen LogP contribution in [0.3, 0.4) is 0 Å². The maximum absolute atomic E-state index is 11.9. The van der Waals surface area contributed by atoms with E-state index in [1.807, 2.05) is 6.92 Å². The molecule has 2 aromatic rings. The topological polar surface area (TPSA) is 121 Å². The van der Waals surface area contributed by atoms with E-state index in [4.69, 9.17) is 10.2 Å². The fourth-order valence-corrected chi connectivity index (χ4v) is 1.82. The van der Waals surface area contributed by atoms with Crippen molar-refractivity contribution in [2.75, 3.05) is 16.0 Å². The second-order valence-electron chi connectivity index (χ2n) is 4.53. The van der Waals surface area contributed by atoms with Gasteiger partial charge in [-0.1, -0.05) is 6.07 Å². The maximum atomic E-state index is 11.9. The number of carbonyl (C=O) groups excluding carboxylic acids is 2. The molecule has 120 valence electrons. The van der Waals surface area contributed by atoms with Crippen molar-refractivity contribution in [1.82, 2.24) is 5.32 Å². The molecule has 8 nitrogen and oxygen atoms in total. The quantitative estimate of drug-likeness (QED) is 0.553. The minimum absolute atomic E-state index is 0.134. The molecule has 1 aromatic carbocycles. The summed E-state index contributed by atoms with van der Waals surface area (Å²) in [7, 11) is 0. The standard InChI is InChI=1S/C14H15N5O3S/c1-8-4-5-9(16-13(20)19-12(15)23)7-10(8)17-14(21)18-11-3-2-6-22-11/h2-7H,1H3,(H2,17,18,21)(H4,15,16,19,20,23). The molecule has 4 amide bonds. The lowest BCUT2D eigenvalue weighted by atomic mass is 10.2. The van der Waals surface area contributed by atoms with Gasteiger partial charge in [-0.05, 0) is 42.9 Å². The van der Waals surface area contributed by atoms with Crippen LogP contribution in [0, 0.1) is 6.92 Å². The smallest absolute Gasteiger partial charge is 0.326 e. The molecular weight excluding hydrogens is 318 g/mol. The zero-order valence-electron chi connectivity index (χ0n) is 12.2. The van der Waals surface area contributed by atoms with E-state index < -0.39 is 12.1 Å². The molecule has 1 aromatic heterocycles. The van der Waals surface area contributed by atoms with E-state index in [2.05, 4.69) is 33.5 Å². The number of rotatable bonds is 3. The van der Waals surface area contributed by atoms with E-state index in [1.165, 1.54) is 6.26 Å². The first-order valence-electron chi connectivity index (χ1n) is 6.53. The third-order valence-electron chi connectivity index (χ3n) is 2.74. The molecule has 0 unspecified atom stereocenters. The Morgan fingerprint density at radius 2 is 1.91 bits per heavy atom. The molecule has 0 saturated carbocycles. The Morgan fingerprint density at radius 3 is 2.57 bits per heavy atom. The molecule has 0 saturated heterocycles. The number of nitrogens with one attached hydrogen (secondary N) is 4. The van der Waals surface area contributed by atoms with Gasteiger partial charge >= 0.3 is 12.1 Å². The number of carbonyl (C=O) groups is 2. The number of hydrogen-bond acceptors (Lipinski definition) is 4. The molecule has 0 atom stereocenters. The number of anilines is 3. The molecular formula is C14H15N5O3S. The molecule has 0 aliphatic rings. The lowest BCUT2D eigenvalue weighted by Crippen LogP contribution is -2.37. The molecule has 9 heteroatoms. The number of urea groups is 2. The van der Waals surface area contributed by atoms with Crippen molar-refractivity contribution in [1.29, 1.82) is 0 Å². The SMILES string of the molecule is Cc1ccc(NC(=O)NC(N)=S)cc1NC(=O)Nc1ccco1. The average molecular weight is 333 g/mol. The van der Waals surface area contributed by atoms with E-state index in [-0.39, 0.29) is 5.11 Å². The molecule has 23 heavy (non-hydrogen) atoms. The fraction of sp³-hybridized carbons (Fsp3) is 0.0714. The van der Waals surface area contributed by atoms with Gasteiger partial charge in [-0.3, -0.25) is 10.6 Å². The number of benzene rings is 1. The van der Waals surface area contributed by atoms with Crippen molar-refractivity contribution >= 4 is 46.7 Å². The zero-order chi connectivity index (χ0) is 16.8. The Balaban J connectivity index is 2.03. The van der Waals surface area contributed by atoms with Crippen LogP contribution >= 0.6 is 12.2 Å². The van der Waals surface area contributed by atoms with Crippen molar-refractivity contribution in [3.8, 4) is 0 Å². The Labute approximate surface area is 137 Å². The van der Waals surface area contributed by atoms with Crippen LogP contribution in [-0.4, -0.2) is 17.2 Å². The summed E-state index contributed by atoms with van der Waals surface area (Å²) in [5.41, 5.74) is 7.04. The van der Waals surface area contributed by atoms with E-state index in [0.717, 1.165) is 5.56 Å². The average Bonchev–Trinajstić information content (AvgIpc) is 2.94. The summed E-state index contributed by atoms with van der Waals surface area (Å²) in [5.74, 6) is 0.324. The van der Waals surface area contributed by atoms with Crippen molar-refractivity contribution in [2.24, 2.45) is 5.73 Å². The van der Waals surface area contributed by atoms with Crippen molar-refractivity contribution in [3.63, 3.8) is 0 Å². The fourth-order valence-electron chi connectivity index (χ4n) is 1.72. The third kappa shape index (κ3) is 5.00. The summed E-state index contributed by atoms with van der Waals surface area (Å²) in [4.78, 5) is 23.4. The van der Waals surface area contributed by atoms with Gasteiger partial charge in [0.25, 0.3) is 0 Å². The van der Waals surface area contributed by atoms with Crippen molar-refractivity contribution in [2.45, 2.75) is 6.92 Å². The highest BCUT2D eigenvalue weighted by atomic mass is 32.1. The van der Waals surface area contributed by atoms with Crippen LogP contribution in [0.1, 0.15) is 5.56 Å². The Hall–Kier alpha value is -3.07. The van der Waals surface area contributed by atoms with Crippen molar-refractivity contribution in [3.05, 3.63) is 42.2 Å². The van der Waals surface area contributed by atoms with E-state index >= 15 is 0 Å². The van der Waals surface area contributed by atoms with Gasteiger partial charge in [-0.15, -0.1) is 0 Å². The van der Waals surface area contributed by atoms with Crippen LogP contribution in [-0.2, 0) is 0 Å². The lowest BCUT2D eigenvalue weighted by molar-refractivity contribution is 0.256. The molecule has 0 bridgehead atoms. The predicted molar refractivity (Wildman–Crippen MR) is 91.5 cm³/mol. The number of furan rings is 1. The van der Waals surface area contributed by atoms with Crippen LogP contribution < -0.4 is 27.0 Å². The highest BCUT2D eigenvalue weighted by Gasteiger charge is 2.09. The summed E-state index contributed by atoms with van der Waals surface area (Å²) in [6.07, 6.45) is 1.45. The van der Waals surface area contributed by atoms with Gasteiger partial charge < -0.3 is 20.8 Å². The van der Waals surface area contributed by atoms with E-state index in [0.29, 0.717) is 17.3 Å². The summed E-state index contributed by atoms with van der Waals surface area (Å²) < 4.78 is 5.02. The summed E-state index contributed by atoms with van der Waals surface area (Å²) >= 11 is 4.58. The normalized spacial score (nSPS) is 9.78. The molecule has 0 spiro atoms. The molecule has 0 aliphatic heterocycles. The van der Waals surface area contributed by atoms with Crippen LogP contribution in [0.25, 0.3) is 0 Å². The predicted octanol–water partition coefficient (Wildman–Crippen LogP) is 2.60. The van der Waals surface area contributed by atoms with Crippen molar-refractivity contribution < 1.29 is 14.0 Å². The first-order chi connectivity index (χ1) is 10.9. The van der Waals surface area contributed by atoms with E-state index in [1.54, 1.807) is 30.3 Å². The highest BCUT2D eigenvalue weighted by molar-refractivity contribution is 7.80. The third-order valence-corrected chi connectivity index (χ3v) is 2.84. The first-order valence-corrected chi connectivity index (χ1v) is 6.94. The zero-order valence-corrected chi connectivity index (χ0v) is 13.0. The number of thiocarbonyl (C=S) groups is 1. The van der Waals surface area contributed by atoms with Gasteiger partial charge in [-0.25, -0.2) is 9.59 Å². The Kier molecular flexibility index (Phi) is 5.15. The van der Waals surface area contributed by atoms with Gasteiger partial charge in [-0.2, -0.15) is 0 Å². The number of aryl methyl sites for hydroxylation is 1. The monoisotopic (exact) mass is 333 g/mol. The van der Waals surface area contributed by atoms with Gasteiger partial charge in [0, 0.05) is 17.4 Å². The number of hydrogen-bond donors (Lipinski definition) is 5. The number of amides is 4. The van der Waals surface area contributed by atoms with Gasteiger partial charge in [0.1, 0.15) is 0 Å². The van der Waals surface area contributed by atoms with Crippen LogP contribution in [0.4, 0.5) is 26.8 Å². The van der Waals surface area contributed by atoms with E-state index in [9.17, 15) is 9.59 Å². The molecule has 6 N–H and O–H groups in total. The summed E-state index contributed by atoms with van der Waals surface area (Å²) in [5, 5.41) is 9.87. The molecule has 0 aliphatic carbocycles. The van der Waals surface area contributed by atoms with Crippen LogP contribution in [0.15, 0.2) is 41.0 Å². The second-order valence-corrected chi connectivity index (χ2v) is 4.97. The second kappa shape index (κ2) is 7.27. The summed E-state index contributed by atoms with van der Waals surface area (Å²) in [6, 6.07) is 7.29. The maximum Gasteiger partial charge on any atom is 0.326 e. The lowest BCUT2D eigenvalue weighted by Gasteiger charge is -2.12. The minimum atomic E-state index is -0.563. The summed E-state index contributed by atoms with van der Waals surface area (Å²) in [6.45, 7) is 1.82. The Bertz CT molecular complexity index is 730. The van der Waals surface area contributed by atoms with Gasteiger partial charge in [0.05, 0.1) is 6.26 Å². The molecule has 1 heterocycles. The van der Waals surface area contributed by atoms with Gasteiger partial charge in [0.15, 0.2) is 5.11 Å². The van der Waals surface area contributed by atoms with Gasteiger partial charge in [0.2, 0.25) is 5.88 Å². The number of nitrogens with two attached hydrogens (primary N) is 1. The largest absolute Gasteiger partial charge is 0.449 e. The molecule has 0 radical (unpaired) electrons. The Morgan fingerprint density at radius 1 is 1.13 bits per heavy atom. The van der Waals surface area contributed by atoms with Crippen LogP contribution in [0.2, 0.25) is 0 Å². The first kappa shape index (κ1) is 16.3. The molecule has 0 fully saturated rings.